The number of amides is 1. The lowest BCUT2D eigenvalue weighted by Crippen LogP contribution is -2.36. The number of aryl methyl sites for hydroxylation is 1. The first-order chi connectivity index (χ1) is 16.3. The fraction of sp³-hybridized carbons (Fsp3) is 0.464. The van der Waals surface area contributed by atoms with Crippen LogP contribution in [0.1, 0.15) is 73.2 Å². The molecule has 182 valence electrons. The first kappa shape index (κ1) is 25.5. The maximum absolute atomic E-state index is 13.1. The van der Waals surface area contributed by atoms with Crippen molar-refractivity contribution in [1.82, 2.24) is 0 Å². The van der Waals surface area contributed by atoms with Crippen LogP contribution in [0.3, 0.4) is 0 Å². The highest BCUT2D eigenvalue weighted by Crippen LogP contribution is 2.35. The molecule has 0 unspecified atom stereocenters. The number of esters is 2. The number of hydrogen-bond donors (Lipinski definition) is 1. The summed E-state index contributed by atoms with van der Waals surface area (Å²) in [5.41, 5.74) is 1.94. The third-order valence-electron chi connectivity index (χ3n) is 6.59. The maximum Gasteiger partial charge on any atom is 0.339 e. The van der Waals surface area contributed by atoms with Crippen molar-refractivity contribution in [2.45, 2.75) is 59.5 Å². The first-order valence-corrected chi connectivity index (χ1v) is 12.1. The van der Waals surface area contributed by atoms with Crippen LogP contribution in [0.25, 0.3) is 0 Å². The lowest BCUT2D eigenvalue weighted by Gasteiger charge is -2.36. The van der Waals surface area contributed by atoms with E-state index in [1.54, 1.807) is 24.3 Å². The minimum Gasteiger partial charge on any atom is -0.458 e. The average Bonchev–Trinajstić information content (AvgIpc) is 2.82. The third kappa shape index (κ3) is 6.46. The highest BCUT2D eigenvalue weighted by atomic mass is 16.5. The largest absolute Gasteiger partial charge is 0.458 e. The van der Waals surface area contributed by atoms with Gasteiger partial charge in [0.25, 0.3) is 5.91 Å². The predicted molar refractivity (Wildman–Crippen MR) is 132 cm³/mol. The van der Waals surface area contributed by atoms with Gasteiger partial charge in [-0.25, -0.2) is 9.59 Å². The lowest BCUT2D eigenvalue weighted by atomic mass is 9.75. The van der Waals surface area contributed by atoms with Crippen molar-refractivity contribution in [3.8, 4) is 0 Å². The summed E-state index contributed by atoms with van der Waals surface area (Å²) in [6, 6.07) is 13.9. The van der Waals surface area contributed by atoms with E-state index in [-0.39, 0.29) is 17.2 Å². The molecule has 3 atom stereocenters. The van der Waals surface area contributed by atoms with Crippen LogP contribution in [-0.2, 0) is 20.7 Å². The molecule has 6 nitrogen and oxygen atoms in total. The standard InChI is InChI=1S/C28H35NO5/c1-5-20-10-6-9-13-24(20)29-26(30)17-33-27(31)22-11-7-8-12-23(22)28(32)34-25-16-19(4)14-15-21(25)18(2)3/h6-13,18-19,21,25H,5,14-17H2,1-4H3,(H,29,30)/t19-,21+,25-/m1/s1. The van der Waals surface area contributed by atoms with E-state index in [0.29, 0.717) is 23.4 Å². The molecule has 0 aromatic heterocycles. The number of nitrogens with one attached hydrogen (secondary N) is 1. The SMILES string of the molecule is CCc1ccccc1NC(=O)COC(=O)c1ccccc1C(=O)O[C@@H]1C[C@H](C)CC[C@H]1C(C)C. The zero-order chi connectivity index (χ0) is 24.7. The Morgan fingerprint density at radius 3 is 2.29 bits per heavy atom. The zero-order valence-electron chi connectivity index (χ0n) is 20.5. The first-order valence-electron chi connectivity index (χ1n) is 12.1. The van der Waals surface area contributed by atoms with Crippen LogP contribution in [0.2, 0.25) is 0 Å². The molecule has 2 aromatic rings. The molecular weight excluding hydrogens is 430 g/mol. The quantitative estimate of drug-likeness (QED) is 0.509. The van der Waals surface area contributed by atoms with Gasteiger partial charge in [-0.15, -0.1) is 0 Å². The molecule has 0 aliphatic heterocycles. The van der Waals surface area contributed by atoms with E-state index < -0.39 is 24.5 Å². The van der Waals surface area contributed by atoms with E-state index in [4.69, 9.17) is 9.47 Å². The van der Waals surface area contributed by atoms with Gasteiger partial charge in [0.2, 0.25) is 0 Å². The van der Waals surface area contributed by atoms with Gasteiger partial charge in [0.1, 0.15) is 6.10 Å². The number of carbonyl (C=O) groups is 3. The third-order valence-corrected chi connectivity index (χ3v) is 6.59. The molecule has 0 saturated heterocycles. The Bertz CT molecular complexity index is 1020. The second kappa shape index (κ2) is 11.8. The number of benzene rings is 2. The fourth-order valence-corrected chi connectivity index (χ4v) is 4.64. The van der Waals surface area contributed by atoms with E-state index in [0.717, 1.165) is 31.2 Å². The van der Waals surface area contributed by atoms with Crippen LogP contribution in [0.15, 0.2) is 48.5 Å². The summed E-state index contributed by atoms with van der Waals surface area (Å²) >= 11 is 0. The molecule has 34 heavy (non-hydrogen) atoms. The Morgan fingerprint density at radius 1 is 0.971 bits per heavy atom. The van der Waals surface area contributed by atoms with Crippen LogP contribution in [-0.4, -0.2) is 30.6 Å². The smallest absolute Gasteiger partial charge is 0.339 e. The van der Waals surface area contributed by atoms with Gasteiger partial charge in [-0.3, -0.25) is 4.79 Å². The van der Waals surface area contributed by atoms with Crippen molar-refractivity contribution in [1.29, 1.82) is 0 Å². The average molecular weight is 466 g/mol. The highest BCUT2D eigenvalue weighted by Gasteiger charge is 2.34. The minimum absolute atomic E-state index is 0.0965. The monoisotopic (exact) mass is 465 g/mol. The van der Waals surface area contributed by atoms with E-state index in [2.05, 4.69) is 26.1 Å². The molecule has 1 saturated carbocycles. The second-order valence-electron chi connectivity index (χ2n) is 9.45. The molecule has 0 bridgehead atoms. The molecule has 1 aliphatic carbocycles. The summed E-state index contributed by atoms with van der Waals surface area (Å²) in [5.74, 6) is -0.507. The zero-order valence-corrected chi connectivity index (χ0v) is 20.5. The molecule has 0 spiro atoms. The van der Waals surface area contributed by atoms with Crippen LogP contribution >= 0.6 is 0 Å². The Morgan fingerprint density at radius 2 is 1.62 bits per heavy atom. The van der Waals surface area contributed by atoms with Crippen molar-refractivity contribution in [2.24, 2.45) is 17.8 Å². The van der Waals surface area contributed by atoms with E-state index in [1.807, 2.05) is 25.1 Å². The van der Waals surface area contributed by atoms with E-state index in [9.17, 15) is 14.4 Å². The molecule has 6 heteroatoms. The van der Waals surface area contributed by atoms with Gasteiger partial charge in [0, 0.05) is 5.69 Å². The summed E-state index contributed by atoms with van der Waals surface area (Å²) in [6.07, 6.45) is 3.57. The number of anilines is 1. The molecule has 1 aliphatic rings. The molecular formula is C28H35NO5. The van der Waals surface area contributed by atoms with Crippen molar-refractivity contribution in [3.05, 3.63) is 65.2 Å². The Hall–Kier alpha value is -3.15. The number of ether oxygens (including phenoxy) is 2. The predicted octanol–water partition coefficient (Wildman–Crippen LogP) is 5.66. The molecule has 1 N–H and O–H groups in total. The number of rotatable bonds is 8. The van der Waals surface area contributed by atoms with Gasteiger partial charge in [-0.05, 0) is 60.8 Å². The van der Waals surface area contributed by atoms with Gasteiger partial charge in [0.15, 0.2) is 6.61 Å². The van der Waals surface area contributed by atoms with Crippen LogP contribution in [0, 0.1) is 17.8 Å². The summed E-state index contributed by atoms with van der Waals surface area (Å²) in [4.78, 5) is 38.2. The summed E-state index contributed by atoms with van der Waals surface area (Å²) in [7, 11) is 0. The summed E-state index contributed by atoms with van der Waals surface area (Å²) in [6.45, 7) is 8.02. The molecule has 0 heterocycles. The number of hydrogen-bond acceptors (Lipinski definition) is 5. The van der Waals surface area contributed by atoms with Gasteiger partial charge in [-0.1, -0.05) is 64.4 Å². The summed E-state index contributed by atoms with van der Waals surface area (Å²) in [5, 5.41) is 2.77. The summed E-state index contributed by atoms with van der Waals surface area (Å²) < 4.78 is 11.2. The second-order valence-corrected chi connectivity index (χ2v) is 9.45. The lowest BCUT2D eigenvalue weighted by molar-refractivity contribution is -0.119. The molecule has 1 amide bonds. The van der Waals surface area contributed by atoms with Crippen LogP contribution in [0.5, 0.6) is 0 Å². The van der Waals surface area contributed by atoms with Gasteiger partial charge >= 0.3 is 11.9 Å². The normalized spacial score (nSPS) is 20.0. The molecule has 2 aromatic carbocycles. The molecule has 1 fully saturated rings. The minimum atomic E-state index is -0.733. The number of carbonyl (C=O) groups excluding carboxylic acids is 3. The van der Waals surface area contributed by atoms with Crippen molar-refractivity contribution >= 4 is 23.5 Å². The van der Waals surface area contributed by atoms with Crippen molar-refractivity contribution in [2.75, 3.05) is 11.9 Å². The Kier molecular flexibility index (Phi) is 8.85. The van der Waals surface area contributed by atoms with Gasteiger partial charge in [0.05, 0.1) is 11.1 Å². The van der Waals surface area contributed by atoms with Crippen molar-refractivity contribution in [3.63, 3.8) is 0 Å². The maximum atomic E-state index is 13.1. The molecule has 3 rings (SSSR count). The topological polar surface area (TPSA) is 81.7 Å². The van der Waals surface area contributed by atoms with E-state index in [1.165, 1.54) is 6.07 Å². The highest BCUT2D eigenvalue weighted by molar-refractivity contribution is 6.04. The van der Waals surface area contributed by atoms with Crippen LogP contribution in [0.4, 0.5) is 5.69 Å². The van der Waals surface area contributed by atoms with Gasteiger partial charge in [-0.2, -0.15) is 0 Å². The number of para-hydroxylation sites is 1. The molecule has 0 radical (unpaired) electrons. The Labute approximate surface area is 202 Å². The van der Waals surface area contributed by atoms with Crippen molar-refractivity contribution < 1.29 is 23.9 Å². The van der Waals surface area contributed by atoms with Crippen LogP contribution < -0.4 is 5.32 Å². The van der Waals surface area contributed by atoms with E-state index >= 15 is 0 Å². The van der Waals surface area contributed by atoms with Gasteiger partial charge < -0.3 is 14.8 Å². The Balaban J connectivity index is 1.65. The fourth-order valence-electron chi connectivity index (χ4n) is 4.64.